The molecule has 2 aromatic heterocycles. The molecule has 3 rings (SSSR count). The van der Waals surface area contributed by atoms with Gasteiger partial charge in [0.15, 0.2) is 11.0 Å². The van der Waals surface area contributed by atoms with Crippen molar-refractivity contribution in [1.82, 2.24) is 19.7 Å². The predicted molar refractivity (Wildman–Crippen MR) is 106 cm³/mol. The molecular formula is C19H19F2N5O2S. The molecule has 152 valence electrons. The van der Waals surface area contributed by atoms with Crippen LogP contribution in [0.5, 0.6) is 5.75 Å². The molecule has 3 aromatic rings. The molecule has 0 spiro atoms. The number of hydrogen-bond donors (Lipinski definition) is 1. The summed E-state index contributed by atoms with van der Waals surface area (Å²) in [5.74, 6) is 0.650. The molecule has 0 radical (unpaired) electrons. The molecule has 0 fully saturated rings. The van der Waals surface area contributed by atoms with Crippen molar-refractivity contribution in [3.63, 3.8) is 0 Å². The van der Waals surface area contributed by atoms with Crippen molar-refractivity contribution in [2.45, 2.75) is 31.7 Å². The SMILES string of the molecule is CCCn1c(SCC(=O)Nc2ccc(OC(F)F)cc2)nnc1-c1ccncc1. The molecule has 2 heterocycles. The minimum Gasteiger partial charge on any atom is -0.435 e. The Morgan fingerprint density at radius 1 is 1.17 bits per heavy atom. The fourth-order valence-corrected chi connectivity index (χ4v) is 3.35. The summed E-state index contributed by atoms with van der Waals surface area (Å²) in [5, 5.41) is 11.8. The molecule has 1 amide bonds. The van der Waals surface area contributed by atoms with Crippen LogP contribution in [0.1, 0.15) is 13.3 Å². The first kappa shape index (κ1) is 20.7. The standard InChI is InChI=1S/C19H19F2N5O2S/c1-2-11-26-17(13-7-9-22-10-8-13)24-25-19(26)29-12-16(27)23-14-3-5-15(6-4-14)28-18(20)21/h3-10,18H,2,11-12H2,1H3,(H,23,27). The number of ether oxygens (including phenoxy) is 1. The summed E-state index contributed by atoms with van der Waals surface area (Å²) in [6, 6.07) is 9.46. The number of nitrogens with zero attached hydrogens (tertiary/aromatic N) is 4. The summed E-state index contributed by atoms with van der Waals surface area (Å²) in [6.45, 7) is -0.108. The molecule has 0 saturated heterocycles. The highest BCUT2D eigenvalue weighted by molar-refractivity contribution is 7.99. The summed E-state index contributed by atoms with van der Waals surface area (Å²) in [5.41, 5.74) is 1.40. The van der Waals surface area contributed by atoms with Gasteiger partial charge in [-0.3, -0.25) is 9.78 Å². The Hall–Kier alpha value is -3.01. The number of nitrogens with one attached hydrogen (secondary N) is 1. The van der Waals surface area contributed by atoms with E-state index >= 15 is 0 Å². The molecule has 0 saturated carbocycles. The lowest BCUT2D eigenvalue weighted by Crippen LogP contribution is -2.14. The Balaban J connectivity index is 1.62. The van der Waals surface area contributed by atoms with Crippen LogP contribution in [0, 0.1) is 0 Å². The Morgan fingerprint density at radius 3 is 2.55 bits per heavy atom. The van der Waals surface area contributed by atoms with Gasteiger partial charge in [0, 0.05) is 30.2 Å². The molecule has 0 bridgehead atoms. The number of benzene rings is 1. The van der Waals surface area contributed by atoms with Gasteiger partial charge in [-0.15, -0.1) is 10.2 Å². The van der Waals surface area contributed by atoms with E-state index in [1.54, 1.807) is 12.4 Å². The zero-order valence-electron chi connectivity index (χ0n) is 15.6. The number of thioether (sulfide) groups is 1. The highest BCUT2D eigenvalue weighted by Gasteiger charge is 2.15. The van der Waals surface area contributed by atoms with E-state index in [0.717, 1.165) is 24.4 Å². The molecular weight excluding hydrogens is 400 g/mol. The fourth-order valence-electron chi connectivity index (χ4n) is 2.58. The maximum Gasteiger partial charge on any atom is 0.387 e. The smallest absolute Gasteiger partial charge is 0.387 e. The largest absolute Gasteiger partial charge is 0.435 e. The fraction of sp³-hybridized carbons (Fsp3) is 0.263. The molecule has 0 aliphatic heterocycles. The van der Waals surface area contributed by atoms with E-state index in [-0.39, 0.29) is 17.4 Å². The van der Waals surface area contributed by atoms with Crippen molar-refractivity contribution in [1.29, 1.82) is 0 Å². The summed E-state index contributed by atoms with van der Waals surface area (Å²) >= 11 is 1.28. The summed E-state index contributed by atoms with van der Waals surface area (Å²) in [6.07, 6.45) is 4.28. The van der Waals surface area contributed by atoms with Crippen molar-refractivity contribution in [3.05, 3.63) is 48.8 Å². The molecule has 10 heteroatoms. The topological polar surface area (TPSA) is 81.9 Å². The number of anilines is 1. The third kappa shape index (κ3) is 5.74. The van der Waals surface area contributed by atoms with Crippen LogP contribution in [-0.4, -0.2) is 38.0 Å². The van der Waals surface area contributed by atoms with Crippen LogP contribution < -0.4 is 10.1 Å². The molecule has 29 heavy (non-hydrogen) atoms. The second-order valence-corrected chi connectivity index (χ2v) is 6.88. The van der Waals surface area contributed by atoms with Gasteiger partial charge in [0.25, 0.3) is 0 Å². The quantitative estimate of drug-likeness (QED) is 0.526. The summed E-state index contributed by atoms with van der Waals surface area (Å²) < 4.78 is 30.6. The number of rotatable bonds is 9. The van der Waals surface area contributed by atoms with E-state index in [1.165, 1.54) is 36.0 Å². The molecule has 0 aliphatic carbocycles. The van der Waals surface area contributed by atoms with Crippen LogP contribution in [0.25, 0.3) is 11.4 Å². The van der Waals surface area contributed by atoms with E-state index in [0.29, 0.717) is 10.8 Å². The van der Waals surface area contributed by atoms with Gasteiger partial charge in [-0.05, 0) is 42.8 Å². The zero-order valence-corrected chi connectivity index (χ0v) is 16.4. The third-order valence-corrected chi connectivity index (χ3v) is 4.76. The maximum absolute atomic E-state index is 12.2. The molecule has 0 atom stereocenters. The Labute approximate surface area is 170 Å². The first-order valence-corrected chi connectivity index (χ1v) is 9.86. The number of hydrogen-bond acceptors (Lipinski definition) is 6. The van der Waals surface area contributed by atoms with E-state index in [4.69, 9.17) is 0 Å². The van der Waals surface area contributed by atoms with Gasteiger partial charge in [0.05, 0.1) is 5.75 Å². The van der Waals surface area contributed by atoms with Gasteiger partial charge in [0.2, 0.25) is 5.91 Å². The van der Waals surface area contributed by atoms with Crippen molar-refractivity contribution in [2.24, 2.45) is 0 Å². The van der Waals surface area contributed by atoms with Crippen LogP contribution in [0.4, 0.5) is 14.5 Å². The van der Waals surface area contributed by atoms with Crippen LogP contribution in [0.15, 0.2) is 53.9 Å². The highest BCUT2D eigenvalue weighted by Crippen LogP contribution is 2.24. The molecule has 0 unspecified atom stereocenters. The van der Waals surface area contributed by atoms with Crippen molar-refractivity contribution in [3.8, 4) is 17.1 Å². The van der Waals surface area contributed by atoms with Crippen molar-refractivity contribution < 1.29 is 18.3 Å². The monoisotopic (exact) mass is 419 g/mol. The number of pyridine rings is 1. The normalized spacial score (nSPS) is 10.9. The second-order valence-electron chi connectivity index (χ2n) is 5.93. The number of amides is 1. The minimum absolute atomic E-state index is 0.0312. The number of halogens is 2. The average Bonchev–Trinajstić information content (AvgIpc) is 3.11. The summed E-state index contributed by atoms with van der Waals surface area (Å²) in [7, 11) is 0. The summed E-state index contributed by atoms with van der Waals surface area (Å²) in [4.78, 5) is 16.3. The molecule has 1 aromatic carbocycles. The van der Waals surface area contributed by atoms with Gasteiger partial charge >= 0.3 is 6.61 Å². The second kappa shape index (κ2) is 9.97. The Kier molecular flexibility index (Phi) is 7.12. The molecule has 7 nitrogen and oxygen atoms in total. The van der Waals surface area contributed by atoms with Crippen molar-refractivity contribution >= 4 is 23.4 Å². The maximum atomic E-state index is 12.2. The number of alkyl halides is 2. The van der Waals surface area contributed by atoms with E-state index < -0.39 is 6.61 Å². The highest BCUT2D eigenvalue weighted by atomic mass is 32.2. The van der Waals surface area contributed by atoms with Crippen LogP contribution in [0.3, 0.4) is 0 Å². The Morgan fingerprint density at radius 2 is 1.90 bits per heavy atom. The van der Waals surface area contributed by atoms with E-state index in [9.17, 15) is 13.6 Å². The average molecular weight is 419 g/mol. The first-order valence-electron chi connectivity index (χ1n) is 8.88. The van der Waals surface area contributed by atoms with Gasteiger partial charge in [-0.1, -0.05) is 18.7 Å². The van der Waals surface area contributed by atoms with Gasteiger partial charge < -0.3 is 14.6 Å². The van der Waals surface area contributed by atoms with E-state index in [1.807, 2.05) is 16.7 Å². The first-order chi connectivity index (χ1) is 14.1. The molecule has 0 aliphatic rings. The molecule has 1 N–H and O–H groups in total. The lowest BCUT2D eigenvalue weighted by molar-refractivity contribution is -0.113. The van der Waals surface area contributed by atoms with Gasteiger partial charge in [-0.25, -0.2) is 0 Å². The number of aromatic nitrogens is 4. The minimum atomic E-state index is -2.88. The van der Waals surface area contributed by atoms with Crippen LogP contribution in [-0.2, 0) is 11.3 Å². The van der Waals surface area contributed by atoms with Gasteiger partial charge in [-0.2, -0.15) is 8.78 Å². The number of carbonyl (C=O) groups excluding carboxylic acids is 1. The van der Waals surface area contributed by atoms with Gasteiger partial charge in [0.1, 0.15) is 5.75 Å². The predicted octanol–water partition coefficient (Wildman–Crippen LogP) is 4.08. The van der Waals surface area contributed by atoms with E-state index in [2.05, 4.69) is 32.2 Å². The van der Waals surface area contributed by atoms with Crippen LogP contribution in [0.2, 0.25) is 0 Å². The van der Waals surface area contributed by atoms with Crippen LogP contribution >= 0.6 is 11.8 Å². The lowest BCUT2D eigenvalue weighted by atomic mass is 10.2. The number of carbonyl (C=O) groups is 1. The third-order valence-electron chi connectivity index (χ3n) is 3.80. The Bertz CT molecular complexity index is 936. The lowest BCUT2D eigenvalue weighted by Gasteiger charge is -2.09. The van der Waals surface area contributed by atoms with Crippen molar-refractivity contribution in [2.75, 3.05) is 11.1 Å². The zero-order chi connectivity index (χ0) is 20.6.